The Labute approximate surface area is 123 Å². The third-order valence-electron chi connectivity index (χ3n) is 3.20. The minimum Gasteiger partial charge on any atom is -0.337 e. The minimum atomic E-state index is 0.0438. The van der Waals surface area contributed by atoms with Crippen LogP contribution in [0.15, 0.2) is 35.5 Å². The molecule has 0 saturated carbocycles. The summed E-state index contributed by atoms with van der Waals surface area (Å²) in [6.45, 7) is 2.53. The van der Waals surface area contributed by atoms with Crippen LogP contribution in [0.2, 0.25) is 0 Å². The average Bonchev–Trinajstić information content (AvgIpc) is 2.84. The zero-order valence-electron chi connectivity index (χ0n) is 12.3. The Morgan fingerprint density at radius 2 is 2.20 bits per heavy atom. The molecule has 0 bridgehead atoms. The molecule has 0 atom stereocenters. The second-order valence-corrected chi connectivity index (χ2v) is 5.74. The first kappa shape index (κ1) is 14.7. The number of aryl methyl sites for hydroxylation is 2. The maximum Gasteiger partial charge on any atom is 0.254 e. The Balaban J connectivity index is 2.17. The molecule has 0 aliphatic rings. The molecule has 106 valence electrons. The van der Waals surface area contributed by atoms with E-state index in [9.17, 15) is 4.79 Å². The summed E-state index contributed by atoms with van der Waals surface area (Å²) in [5, 5.41) is 4.12. The monoisotopic (exact) mass is 289 g/mol. The van der Waals surface area contributed by atoms with E-state index in [0.717, 1.165) is 21.6 Å². The smallest absolute Gasteiger partial charge is 0.254 e. The van der Waals surface area contributed by atoms with Crippen LogP contribution in [0.4, 0.5) is 0 Å². The van der Waals surface area contributed by atoms with Gasteiger partial charge in [0.15, 0.2) is 0 Å². The van der Waals surface area contributed by atoms with Crippen LogP contribution >= 0.6 is 11.8 Å². The molecule has 0 aliphatic carbocycles. The number of benzene rings is 1. The largest absolute Gasteiger partial charge is 0.337 e. The van der Waals surface area contributed by atoms with Gasteiger partial charge in [-0.2, -0.15) is 5.10 Å². The van der Waals surface area contributed by atoms with E-state index < -0.39 is 0 Å². The van der Waals surface area contributed by atoms with Gasteiger partial charge in [-0.1, -0.05) is 6.07 Å². The first-order valence-corrected chi connectivity index (χ1v) is 7.61. The second-order valence-electron chi connectivity index (χ2n) is 4.86. The quantitative estimate of drug-likeness (QED) is 0.812. The van der Waals surface area contributed by atoms with Crippen molar-refractivity contribution < 1.29 is 4.79 Å². The van der Waals surface area contributed by atoms with Crippen molar-refractivity contribution in [3.05, 3.63) is 47.3 Å². The molecule has 0 N–H and O–H groups in total. The zero-order valence-corrected chi connectivity index (χ0v) is 13.1. The topological polar surface area (TPSA) is 38.1 Å². The van der Waals surface area contributed by atoms with Crippen molar-refractivity contribution in [3.63, 3.8) is 0 Å². The third kappa shape index (κ3) is 3.22. The number of aromatic nitrogens is 2. The summed E-state index contributed by atoms with van der Waals surface area (Å²) in [5.74, 6) is 0.0438. The molecule has 20 heavy (non-hydrogen) atoms. The highest BCUT2D eigenvalue weighted by atomic mass is 32.2. The summed E-state index contributed by atoms with van der Waals surface area (Å²) in [5.41, 5.74) is 2.80. The van der Waals surface area contributed by atoms with Crippen LogP contribution in [-0.4, -0.2) is 33.9 Å². The molecule has 0 fully saturated rings. The van der Waals surface area contributed by atoms with Gasteiger partial charge in [0.1, 0.15) is 0 Å². The van der Waals surface area contributed by atoms with E-state index in [0.29, 0.717) is 6.54 Å². The fourth-order valence-corrected chi connectivity index (χ4v) is 2.50. The van der Waals surface area contributed by atoms with E-state index in [1.165, 1.54) is 0 Å². The second kappa shape index (κ2) is 6.13. The molecule has 2 aromatic rings. The molecule has 2 rings (SSSR count). The maximum absolute atomic E-state index is 12.5. The van der Waals surface area contributed by atoms with E-state index in [4.69, 9.17) is 0 Å². The van der Waals surface area contributed by atoms with Gasteiger partial charge < -0.3 is 4.90 Å². The normalized spacial score (nSPS) is 10.6. The summed E-state index contributed by atoms with van der Waals surface area (Å²) in [6, 6.07) is 6.00. The highest BCUT2D eigenvalue weighted by Crippen LogP contribution is 2.20. The first-order chi connectivity index (χ1) is 9.51. The van der Waals surface area contributed by atoms with Gasteiger partial charge in [0.25, 0.3) is 5.91 Å². The van der Waals surface area contributed by atoms with E-state index in [1.54, 1.807) is 27.5 Å². The number of hydrogen-bond donors (Lipinski definition) is 0. The molecule has 0 spiro atoms. The molecule has 1 aromatic heterocycles. The summed E-state index contributed by atoms with van der Waals surface area (Å²) in [7, 11) is 3.69. The van der Waals surface area contributed by atoms with Gasteiger partial charge in [-0.3, -0.25) is 9.48 Å². The van der Waals surface area contributed by atoms with Crippen LogP contribution in [0, 0.1) is 6.92 Å². The van der Waals surface area contributed by atoms with Crippen LogP contribution in [0.5, 0.6) is 0 Å². The number of thioether (sulfide) groups is 1. The molecule has 5 heteroatoms. The van der Waals surface area contributed by atoms with Crippen molar-refractivity contribution in [2.75, 3.05) is 13.3 Å². The third-order valence-corrected chi connectivity index (χ3v) is 3.93. The van der Waals surface area contributed by atoms with Gasteiger partial charge in [-0.25, -0.2) is 0 Å². The number of rotatable bonds is 4. The molecular weight excluding hydrogens is 270 g/mol. The molecule has 1 amide bonds. The molecule has 0 aliphatic heterocycles. The summed E-state index contributed by atoms with van der Waals surface area (Å²) in [6.07, 6.45) is 5.72. The lowest BCUT2D eigenvalue weighted by atomic mass is 10.1. The zero-order chi connectivity index (χ0) is 14.7. The molecule has 1 aromatic carbocycles. The Kier molecular flexibility index (Phi) is 4.49. The van der Waals surface area contributed by atoms with Crippen molar-refractivity contribution in [2.45, 2.75) is 18.4 Å². The van der Waals surface area contributed by atoms with Crippen molar-refractivity contribution in [3.8, 4) is 0 Å². The van der Waals surface area contributed by atoms with Gasteiger partial charge in [0.2, 0.25) is 0 Å². The summed E-state index contributed by atoms with van der Waals surface area (Å²) < 4.78 is 1.74. The number of carbonyl (C=O) groups excluding carboxylic acids is 1. The summed E-state index contributed by atoms with van der Waals surface area (Å²) in [4.78, 5) is 15.4. The van der Waals surface area contributed by atoms with Gasteiger partial charge in [-0.15, -0.1) is 11.8 Å². The molecule has 0 saturated heterocycles. The Bertz CT molecular complexity index is 621. The van der Waals surface area contributed by atoms with Crippen molar-refractivity contribution >= 4 is 17.7 Å². The lowest BCUT2D eigenvalue weighted by Gasteiger charge is -2.18. The fraction of sp³-hybridized carbons (Fsp3) is 0.333. The molecule has 1 heterocycles. The lowest BCUT2D eigenvalue weighted by Crippen LogP contribution is -2.26. The van der Waals surface area contributed by atoms with Crippen molar-refractivity contribution in [1.82, 2.24) is 14.7 Å². The van der Waals surface area contributed by atoms with Crippen LogP contribution in [-0.2, 0) is 13.6 Å². The number of carbonyl (C=O) groups is 1. The van der Waals surface area contributed by atoms with Crippen LogP contribution < -0.4 is 0 Å². The van der Waals surface area contributed by atoms with Crippen LogP contribution in [0.3, 0.4) is 0 Å². The van der Waals surface area contributed by atoms with Crippen molar-refractivity contribution in [1.29, 1.82) is 0 Å². The van der Waals surface area contributed by atoms with Crippen LogP contribution in [0.1, 0.15) is 21.5 Å². The minimum absolute atomic E-state index is 0.0438. The van der Waals surface area contributed by atoms with Gasteiger partial charge in [0, 0.05) is 42.9 Å². The SMILES string of the molecule is CSc1ccc(C)c(C(=O)N(C)Cc2cnn(C)c2)c1. The lowest BCUT2D eigenvalue weighted by molar-refractivity contribution is 0.0784. The average molecular weight is 289 g/mol. The van der Waals surface area contributed by atoms with Gasteiger partial charge in [0.05, 0.1) is 6.20 Å². The van der Waals surface area contributed by atoms with E-state index >= 15 is 0 Å². The standard InChI is InChI=1S/C15H19N3OS/c1-11-5-6-13(20-4)7-14(11)15(19)17(2)9-12-8-16-18(3)10-12/h5-8,10H,9H2,1-4H3. The molecular formula is C15H19N3OS. The van der Waals surface area contributed by atoms with E-state index in [1.807, 2.05) is 51.7 Å². The molecule has 0 radical (unpaired) electrons. The van der Waals surface area contributed by atoms with Gasteiger partial charge in [-0.05, 0) is 30.9 Å². The van der Waals surface area contributed by atoms with E-state index in [-0.39, 0.29) is 5.91 Å². The number of amides is 1. The predicted molar refractivity (Wildman–Crippen MR) is 82.0 cm³/mol. The maximum atomic E-state index is 12.5. The predicted octanol–water partition coefficient (Wildman–Crippen LogP) is 2.72. The highest BCUT2D eigenvalue weighted by Gasteiger charge is 2.15. The van der Waals surface area contributed by atoms with E-state index in [2.05, 4.69) is 5.10 Å². The summed E-state index contributed by atoms with van der Waals surface area (Å²) >= 11 is 1.64. The van der Waals surface area contributed by atoms with Gasteiger partial charge >= 0.3 is 0 Å². The first-order valence-electron chi connectivity index (χ1n) is 6.39. The van der Waals surface area contributed by atoms with Crippen molar-refractivity contribution in [2.24, 2.45) is 7.05 Å². The van der Waals surface area contributed by atoms with Crippen LogP contribution in [0.25, 0.3) is 0 Å². The highest BCUT2D eigenvalue weighted by molar-refractivity contribution is 7.98. The Morgan fingerprint density at radius 1 is 1.45 bits per heavy atom. The number of hydrogen-bond acceptors (Lipinski definition) is 3. The Morgan fingerprint density at radius 3 is 2.80 bits per heavy atom. The molecule has 0 unspecified atom stereocenters. The number of nitrogens with zero attached hydrogens (tertiary/aromatic N) is 3. The fourth-order valence-electron chi connectivity index (χ4n) is 2.06. The molecule has 4 nitrogen and oxygen atoms in total. The Hall–Kier alpha value is -1.75.